The summed E-state index contributed by atoms with van der Waals surface area (Å²) in [5.41, 5.74) is -4.35. The van der Waals surface area contributed by atoms with E-state index in [0.717, 1.165) is 6.26 Å². The molecule has 0 heterocycles. The highest BCUT2D eigenvalue weighted by Crippen LogP contribution is 2.41. The fraction of sp³-hybridized carbons (Fsp3) is 1.00. The Morgan fingerprint density at radius 3 is 2.31 bits per heavy atom. The zero-order chi connectivity index (χ0) is 12.4. The van der Waals surface area contributed by atoms with E-state index >= 15 is 0 Å². The van der Waals surface area contributed by atoms with Crippen molar-refractivity contribution in [2.75, 3.05) is 6.26 Å². The summed E-state index contributed by atoms with van der Waals surface area (Å²) in [7, 11) is -3.69. The molecule has 96 valence electrons. The lowest BCUT2D eigenvalue weighted by atomic mass is 9.97. The van der Waals surface area contributed by atoms with E-state index < -0.39 is 27.0 Å². The minimum atomic E-state index is -4.35. The second-order valence-corrected chi connectivity index (χ2v) is 6.63. The summed E-state index contributed by atoms with van der Waals surface area (Å²) in [5, 5.41) is -0.816. The molecule has 0 aromatic heterocycles. The third kappa shape index (κ3) is 5.40. The molecule has 1 aliphatic rings. The Hall–Kier alpha value is 0.0500. The van der Waals surface area contributed by atoms with E-state index in [1.165, 1.54) is 0 Å². The molecule has 0 amide bonds. The number of alkyl halides is 3. The Morgan fingerprint density at radius 2 is 1.81 bits per heavy atom. The van der Waals surface area contributed by atoms with Crippen molar-refractivity contribution in [3.8, 4) is 0 Å². The number of halogens is 3. The van der Waals surface area contributed by atoms with Crippen LogP contribution in [0.5, 0.6) is 0 Å². The fourth-order valence-electron chi connectivity index (χ4n) is 1.70. The number of thioether (sulfide) groups is 1. The van der Waals surface area contributed by atoms with Crippen LogP contribution in [0.1, 0.15) is 25.7 Å². The Kier molecular flexibility index (Phi) is 4.53. The second-order valence-electron chi connectivity index (χ2n) is 3.73. The first-order chi connectivity index (χ1) is 7.17. The van der Waals surface area contributed by atoms with Crippen molar-refractivity contribution in [2.24, 2.45) is 0 Å². The standard InChI is InChI=1S/C8H13F3O3S2/c1-16(12,13)14-6-4-2-3-5-7(6)15-8(9,10)11/h6-7H,2-5H2,1H3/t6-,7-/m1/s1. The summed E-state index contributed by atoms with van der Waals surface area (Å²) in [5.74, 6) is 0. The van der Waals surface area contributed by atoms with Crippen LogP contribution in [-0.2, 0) is 14.3 Å². The van der Waals surface area contributed by atoms with E-state index in [1.807, 2.05) is 0 Å². The molecule has 0 radical (unpaired) electrons. The summed E-state index contributed by atoms with van der Waals surface area (Å²) >= 11 is -0.163. The number of hydrogen-bond acceptors (Lipinski definition) is 4. The first-order valence-electron chi connectivity index (χ1n) is 4.80. The van der Waals surface area contributed by atoms with E-state index in [-0.39, 0.29) is 11.8 Å². The smallest absolute Gasteiger partial charge is 0.266 e. The Balaban J connectivity index is 2.64. The van der Waals surface area contributed by atoms with Gasteiger partial charge in [0, 0.05) is 5.25 Å². The molecular weight excluding hydrogens is 265 g/mol. The molecule has 0 unspecified atom stereocenters. The van der Waals surface area contributed by atoms with Crippen LogP contribution < -0.4 is 0 Å². The third-order valence-corrected chi connectivity index (χ3v) is 3.93. The number of hydrogen-bond donors (Lipinski definition) is 0. The normalized spacial score (nSPS) is 28.0. The maximum Gasteiger partial charge on any atom is 0.442 e. The van der Waals surface area contributed by atoms with E-state index in [4.69, 9.17) is 0 Å². The topological polar surface area (TPSA) is 43.4 Å². The summed E-state index contributed by atoms with van der Waals surface area (Å²) in [6, 6.07) is 0. The van der Waals surface area contributed by atoms with Crippen molar-refractivity contribution >= 4 is 21.9 Å². The third-order valence-electron chi connectivity index (χ3n) is 2.23. The van der Waals surface area contributed by atoms with Gasteiger partial charge in [0.2, 0.25) is 0 Å². The summed E-state index contributed by atoms with van der Waals surface area (Å²) in [6.45, 7) is 0. The van der Waals surface area contributed by atoms with E-state index in [9.17, 15) is 21.6 Å². The van der Waals surface area contributed by atoms with Crippen LogP contribution in [0, 0.1) is 0 Å². The Bertz CT molecular complexity index is 326. The minimum absolute atomic E-state index is 0.163. The van der Waals surface area contributed by atoms with Crippen LogP contribution in [0.25, 0.3) is 0 Å². The molecule has 3 nitrogen and oxygen atoms in total. The van der Waals surface area contributed by atoms with Gasteiger partial charge in [-0.1, -0.05) is 12.8 Å². The van der Waals surface area contributed by atoms with Gasteiger partial charge in [0.25, 0.3) is 10.1 Å². The van der Waals surface area contributed by atoms with Crippen LogP contribution in [-0.4, -0.2) is 31.5 Å². The van der Waals surface area contributed by atoms with Gasteiger partial charge in [-0.3, -0.25) is 4.18 Å². The molecule has 0 aromatic rings. The van der Waals surface area contributed by atoms with Crippen molar-refractivity contribution in [1.82, 2.24) is 0 Å². The van der Waals surface area contributed by atoms with Gasteiger partial charge >= 0.3 is 5.51 Å². The van der Waals surface area contributed by atoms with Crippen molar-refractivity contribution in [3.05, 3.63) is 0 Å². The predicted octanol–water partition coefficient (Wildman–Crippen LogP) is 2.53. The molecule has 0 aromatic carbocycles. The first-order valence-corrected chi connectivity index (χ1v) is 7.50. The van der Waals surface area contributed by atoms with Crippen molar-refractivity contribution in [2.45, 2.75) is 42.5 Å². The molecule has 1 rings (SSSR count). The zero-order valence-electron chi connectivity index (χ0n) is 8.66. The molecule has 0 aliphatic heterocycles. The van der Waals surface area contributed by atoms with Gasteiger partial charge in [0.1, 0.15) is 0 Å². The molecule has 8 heteroatoms. The van der Waals surface area contributed by atoms with E-state index in [0.29, 0.717) is 25.7 Å². The van der Waals surface area contributed by atoms with E-state index in [2.05, 4.69) is 4.18 Å². The van der Waals surface area contributed by atoms with Gasteiger partial charge < -0.3 is 0 Å². The van der Waals surface area contributed by atoms with Crippen LogP contribution in [0.15, 0.2) is 0 Å². The maximum atomic E-state index is 12.2. The van der Waals surface area contributed by atoms with Gasteiger partial charge in [-0.05, 0) is 24.6 Å². The Labute approximate surface area is 96.9 Å². The van der Waals surface area contributed by atoms with Crippen molar-refractivity contribution < 1.29 is 25.8 Å². The van der Waals surface area contributed by atoms with Crippen LogP contribution in [0.4, 0.5) is 13.2 Å². The van der Waals surface area contributed by atoms with Crippen molar-refractivity contribution in [3.63, 3.8) is 0 Å². The monoisotopic (exact) mass is 278 g/mol. The molecule has 1 aliphatic carbocycles. The first kappa shape index (κ1) is 14.1. The van der Waals surface area contributed by atoms with Crippen molar-refractivity contribution in [1.29, 1.82) is 0 Å². The maximum absolute atomic E-state index is 12.2. The van der Waals surface area contributed by atoms with Crippen LogP contribution in [0.2, 0.25) is 0 Å². The largest absolute Gasteiger partial charge is 0.442 e. The Morgan fingerprint density at radius 1 is 1.25 bits per heavy atom. The predicted molar refractivity (Wildman–Crippen MR) is 55.6 cm³/mol. The van der Waals surface area contributed by atoms with Gasteiger partial charge in [-0.15, -0.1) is 0 Å². The highest BCUT2D eigenvalue weighted by atomic mass is 32.2. The molecule has 0 spiro atoms. The van der Waals surface area contributed by atoms with Crippen LogP contribution in [0.3, 0.4) is 0 Å². The average molecular weight is 278 g/mol. The summed E-state index contributed by atoms with van der Waals surface area (Å²) in [6.07, 6.45) is 2.09. The van der Waals surface area contributed by atoms with Gasteiger partial charge in [0.05, 0.1) is 12.4 Å². The molecular formula is C8H13F3O3S2. The van der Waals surface area contributed by atoms with Gasteiger partial charge in [-0.25, -0.2) is 0 Å². The van der Waals surface area contributed by atoms with Crippen LogP contribution >= 0.6 is 11.8 Å². The molecule has 1 fully saturated rings. The molecule has 2 atom stereocenters. The quantitative estimate of drug-likeness (QED) is 0.744. The lowest BCUT2D eigenvalue weighted by Gasteiger charge is -2.30. The summed E-state index contributed by atoms with van der Waals surface area (Å²) in [4.78, 5) is 0. The highest BCUT2D eigenvalue weighted by Gasteiger charge is 2.39. The van der Waals surface area contributed by atoms with Gasteiger partial charge in [-0.2, -0.15) is 21.6 Å². The van der Waals surface area contributed by atoms with Gasteiger partial charge in [0.15, 0.2) is 0 Å². The second kappa shape index (κ2) is 5.14. The average Bonchev–Trinajstić information content (AvgIpc) is 2.03. The minimum Gasteiger partial charge on any atom is -0.266 e. The summed E-state index contributed by atoms with van der Waals surface area (Å²) < 4.78 is 63.1. The zero-order valence-corrected chi connectivity index (χ0v) is 10.3. The van der Waals surface area contributed by atoms with E-state index in [1.54, 1.807) is 0 Å². The lowest BCUT2D eigenvalue weighted by Crippen LogP contribution is -2.33. The molecule has 0 bridgehead atoms. The SMILES string of the molecule is CS(=O)(=O)O[C@@H]1CCCC[C@H]1SC(F)(F)F. The molecule has 0 N–H and O–H groups in total. The molecule has 0 saturated heterocycles. The lowest BCUT2D eigenvalue weighted by molar-refractivity contribution is -0.0345. The number of rotatable bonds is 3. The fourth-order valence-corrected chi connectivity index (χ4v) is 3.42. The highest BCUT2D eigenvalue weighted by molar-refractivity contribution is 8.00. The molecule has 1 saturated carbocycles. The molecule has 16 heavy (non-hydrogen) atoms.